The van der Waals surface area contributed by atoms with Crippen molar-refractivity contribution in [3.05, 3.63) is 107 Å². The van der Waals surface area contributed by atoms with E-state index in [1.165, 1.54) is 0 Å². The number of hydrogen-bond acceptors (Lipinski definition) is 2. The monoisotopic (exact) mass is 375 g/mol. The van der Waals surface area contributed by atoms with Crippen molar-refractivity contribution in [2.24, 2.45) is 0 Å². The molecule has 1 heterocycles. The van der Waals surface area contributed by atoms with Crippen molar-refractivity contribution in [1.29, 1.82) is 0 Å². The Morgan fingerprint density at radius 2 is 1.44 bits per heavy atom. The van der Waals surface area contributed by atoms with Gasteiger partial charge in [0.25, 0.3) is 5.91 Å². The number of anilines is 1. The molecule has 3 aromatic rings. The first kappa shape index (κ1) is 17.4. The number of benzene rings is 3. The highest BCUT2D eigenvalue weighted by Gasteiger charge is 2.36. The summed E-state index contributed by atoms with van der Waals surface area (Å²) in [4.78, 5) is 15.2. The topological polar surface area (TPSA) is 29.5 Å². The molecule has 27 heavy (non-hydrogen) atoms. The van der Waals surface area contributed by atoms with Crippen LogP contribution in [-0.4, -0.2) is 5.91 Å². The molecule has 0 aliphatic carbocycles. The van der Waals surface area contributed by atoms with E-state index in [2.05, 4.69) is 0 Å². The van der Waals surface area contributed by atoms with Crippen molar-refractivity contribution < 1.29 is 9.53 Å². The first-order chi connectivity index (χ1) is 13.1. The lowest BCUT2D eigenvalue weighted by atomic mass is 10.00. The quantitative estimate of drug-likeness (QED) is 0.576. The molecule has 0 bridgehead atoms. The second-order valence-electron chi connectivity index (χ2n) is 6.33. The Balaban J connectivity index is 1.85. The van der Waals surface area contributed by atoms with Gasteiger partial charge in [0.15, 0.2) is 0 Å². The van der Waals surface area contributed by atoms with Crippen molar-refractivity contribution in [1.82, 2.24) is 0 Å². The molecule has 1 amide bonds. The number of rotatable bonds is 3. The highest BCUT2D eigenvalue weighted by molar-refractivity contribution is 6.30. The maximum Gasteiger partial charge on any atom is 0.265 e. The SMILES string of the molecule is CC1=C(c2ccccc2)C(=O)N(c2ccccc2)[C@H](c2ccc(Cl)cc2)O1. The molecule has 0 saturated carbocycles. The highest BCUT2D eigenvalue weighted by atomic mass is 35.5. The summed E-state index contributed by atoms with van der Waals surface area (Å²) in [6.07, 6.45) is -0.551. The molecule has 0 fully saturated rings. The first-order valence-corrected chi connectivity index (χ1v) is 9.10. The van der Waals surface area contributed by atoms with Gasteiger partial charge in [0.1, 0.15) is 5.76 Å². The number of carbonyl (C=O) groups excluding carboxylic acids is 1. The number of ether oxygens (including phenoxy) is 1. The molecule has 0 radical (unpaired) electrons. The van der Waals surface area contributed by atoms with Crippen LogP contribution < -0.4 is 4.90 Å². The Labute approximate surface area is 163 Å². The summed E-state index contributed by atoms with van der Waals surface area (Å²) in [5.41, 5.74) is 3.06. The predicted octanol–water partition coefficient (Wildman–Crippen LogP) is 5.83. The Morgan fingerprint density at radius 1 is 0.852 bits per heavy atom. The largest absolute Gasteiger partial charge is 0.470 e. The van der Waals surface area contributed by atoms with E-state index in [4.69, 9.17) is 16.3 Å². The normalized spacial score (nSPS) is 17.0. The van der Waals surface area contributed by atoms with Crippen LogP contribution in [0.3, 0.4) is 0 Å². The standard InChI is InChI=1S/C23H18ClNO2/c1-16-21(17-8-4-2-5-9-17)22(26)25(20-10-6-3-7-11-20)23(27-16)18-12-14-19(24)15-13-18/h2-15,23H,1H3/t23-/m0/s1. The minimum atomic E-state index is -0.551. The molecular formula is C23H18ClNO2. The second-order valence-corrected chi connectivity index (χ2v) is 6.77. The van der Waals surface area contributed by atoms with Crippen LogP contribution in [0.1, 0.15) is 24.3 Å². The minimum Gasteiger partial charge on any atom is -0.470 e. The fourth-order valence-corrected chi connectivity index (χ4v) is 3.40. The van der Waals surface area contributed by atoms with E-state index < -0.39 is 6.23 Å². The second kappa shape index (κ2) is 7.29. The lowest BCUT2D eigenvalue weighted by Gasteiger charge is -2.37. The van der Waals surface area contributed by atoms with Crippen LogP contribution in [-0.2, 0) is 9.53 Å². The Morgan fingerprint density at radius 3 is 2.07 bits per heavy atom. The van der Waals surface area contributed by atoms with Crippen LogP contribution in [0.4, 0.5) is 5.69 Å². The molecule has 134 valence electrons. The molecule has 3 nitrogen and oxygen atoms in total. The summed E-state index contributed by atoms with van der Waals surface area (Å²) < 4.78 is 6.26. The van der Waals surface area contributed by atoms with E-state index in [0.717, 1.165) is 16.8 Å². The average molecular weight is 376 g/mol. The lowest BCUT2D eigenvalue weighted by Crippen LogP contribution is -2.40. The zero-order chi connectivity index (χ0) is 18.8. The maximum absolute atomic E-state index is 13.5. The molecule has 0 spiro atoms. The van der Waals surface area contributed by atoms with Gasteiger partial charge in [-0.3, -0.25) is 9.69 Å². The average Bonchev–Trinajstić information content (AvgIpc) is 2.70. The molecule has 4 rings (SSSR count). The highest BCUT2D eigenvalue weighted by Crippen LogP contribution is 2.39. The number of carbonyl (C=O) groups is 1. The van der Waals surface area contributed by atoms with Crippen molar-refractivity contribution in [3.8, 4) is 0 Å². The third-order valence-electron chi connectivity index (χ3n) is 4.56. The molecule has 1 aliphatic rings. The van der Waals surface area contributed by atoms with Gasteiger partial charge < -0.3 is 4.74 Å². The van der Waals surface area contributed by atoms with E-state index in [1.54, 1.807) is 17.0 Å². The van der Waals surface area contributed by atoms with Crippen LogP contribution in [0.5, 0.6) is 0 Å². The zero-order valence-corrected chi connectivity index (χ0v) is 15.6. The van der Waals surface area contributed by atoms with Gasteiger partial charge >= 0.3 is 0 Å². The van der Waals surface area contributed by atoms with Crippen LogP contribution in [0.15, 0.2) is 90.7 Å². The summed E-state index contributed by atoms with van der Waals surface area (Å²) in [5.74, 6) is 0.523. The van der Waals surface area contributed by atoms with Gasteiger partial charge in [0.05, 0.1) is 5.57 Å². The lowest BCUT2D eigenvalue weighted by molar-refractivity contribution is -0.117. The van der Waals surface area contributed by atoms with Crippen molar-refractivity contribution in [3.63, 3.8) is 0 Å². The molecule has 0 aromatic heterocycles. The number of amides is 1. The molecular weight excluding hydrogens is 358 g/mol. The van der Waals surface area contributed by atoms with E-state index in [9.17, 15) is 4.79 Å². The number of para-hydroxylation sites is 1. The van der Waals surface area contributed by atoms with E-state index in [1.807, 2.05) is 79.7 Å². The van der Waals surface area contributed by atoms with Gasteiger partial charge in [-0.15, -0.1) is 0 Å². The summed E-state index contributed by atoms with van der Waals surface area (Å²) in [7, 11) is 0. The predicted molar refractivity (Wildman–Crippen MR) is 108 cm³/mol. The molecule has 1 atom stereocenters. The molecule has 0 N–H and O–H groups in total. The Bertz CT molecular complexity index is 982. The minimum absolute atomic E-state index is 0.0869. The van der Waals surface area contributed by atoms with Crippen molar-refractivity contribution in [2.45, 2.75) is 13.2 Å². The van der Waals surface area contributed by atoms with Gasteiger partial charge in [0.2, 0.25) is 6.23 Å². The fourth-order valence-electron chi connectivity index (χ4n) is 3.27. The number of nitrogens with zero attached hydrogens (tertiary/aromatic N) is 1. The van der Waals surface area contributed by atoms with Crippen LogP contribution >= 0.6 is 11.6 Å². The smallest absolute Gasteiger partial charge is 0.265 e. The Hall–Kier alpha value is -3.04. The molecule has 1 aliphatic heterocycles. The zero-order valence-electron chi connectivity index (χ0n) is 14.8. The van der Waals surface area contributed by atoms with Crippen molar-refractivity contribution in [2.75, 3.05) is 4.90 Å². The van der Waals surface area contributed by atoms with Crippen LogP contribution in [0.2, 0.25) is 5.02 Å². The number of halogens is 1. The third-order valence-corrected chi connectivity index (χ3v) is 4.81. The summed E-state index contributed by atoms with van der Waals surface area (Å²) in [6, 6.07) is 26.6. The van der Waals surface area contributed by atoms with Gasteiger partial charge in [0, 0.05) is 16.3 Å². The maximum atomic E-state index is 13.5. The van der Waals surface area contributed by atoms with Gasteiger partial charge in [-0.1, -0.05) is 72.3 Å². The van der Waals surface area contributed by atoms with Gasteiger partial charge in [-0.2, -0.15) is 0 Å². The first-order valence-electron chi connectivity index (χ1n) is 8.72. The summed E-state index contributed by atoms with van der Waals surface area (Å²) in [6.45, 7) is 1.84. The van der Waals surface area contributed by atoms with Gasteiger partial charge in [-0.25, -0.2) is 0 Å². The van der Waals surface area contributed by atoms with Crippen molar-refractivity contribution >= 4 is 28.8 Å². The van der Waals surface area contributed by atoms with Crippen LogP contribution in [0.25, 0.3) is 5.57 Å². The van der Waals surface area contributed by atoms with E-state index in [-0.39, 0.29) is 5.91 Å². The molecule has 4 heteroatoms. The Kier molecular flexibility index (Phi) is 4.69. The molecule has 3 aromatic carbocycles. The summed E-state index contributed by atoms with van der Waals surface area (Å²) >= 11 is 6.03. The number of hydrogen-bond donors (Lipinski definition) is 0. The van der Waals surface area contributed by atoms with E-state index >= 15 is 0 Å². The van der Waals surface area contributed by atoms with Gasteiger partial charge in [-0.05, 0) is 36.8 Å². The van der Waals surface area contributed by atoms with E-state index in [0.29, 0.717) is 16.4 Å². The summed E-state index contributed by atoms with van der Waals surface area (Å²) in [5, 5.41) is 0.643. The molecule has 0 saturated heterocycles. The number of allylic oxidation sites excluding steroid dienone is 1. The molecule has 0 unspecified atom stereocenters. The fraction of sp³-hybridized carbons (Fsp3) is 0.0870. The third kappa shape index (κ3) is 3.34. The van der Waals surface area contributed by atoms with Crippen LogP contribution in [0, 0.1) is 0 Å².